The van der Waals surface area contributed by atoms with Gasteiger partial charge in [-0.05, 0) is 58.0 Å². The second kappa shape index (κ2) is 8.13. The molecule has 0 aromatic heterocycles. The Bertz CT molecular complexity index is 749. The van der Waals surface area contributed by atoms with Crippen molar-refractivity contribution >= 4 is 29.1 Å². The summed E-state index contributed by atoms with van der Waals surface area (Å²) in [5, 5.41) is 7.08. The van der Waals surface area contributed by atoms with Crippen LogP contribution in [0.15, 0.2) is 18.2 Å². The van der Waals surface area contributed by atoms with Crippen LogP contribution in [-0.2, 0) is 11.2 Å². The van der Waals surface area contributed by atoms with E-state index in [4.69, 9.17) is 27.4 Å². The molecule has 1 heterocycles. The summed E-state index contributed by atoms with van der Waals surface area (Å²) in [6.45, 7) is 6.26. The molecular weight excluding hydrogens is 376 g/mol. The normalized spacial score (nSPS) is 23.5. The Hall–Kier alpha value is -2.06. The van der Waals surface area contributed by atoms with Crippen molar-refractivity contribution in [1.29, 1.82) is 0 Å². The van der Waals surface area contributed by atoms with Gasteiger partial charge >= 0.3 is 6.09 Å². The van der Waals surface area contributed by atoms with Crippen LogP contribution in [0.25, 0.3) is 0 Å². The summed E-state index contributed by atoms with van der Waals surface area (Å²) in [6.07, 6.45) is 2.11. The molecule has 0 unspecified atom stereocenters. The molecule has 3 rings (SSSR count). The van der Waals surface area contributed by atoms with Gasteiger partial charge in [-0.2, -0.15) is 0 Å². The van der Waals surface area contributed by atoms with E-state index in [-0.39, 0.29) is 24.2 Å². The fraction of sp³-hybridized carbons (Fsp3) is 0.600. The lowest BCUT2D eigenvalue weighted by atomic mass is 10.1. The molecule has 7 nitrogen and oxygen atoms in total. The Kier molecular flexibility index (Phi) is 6.00. The number of ether oxygens (including phenoxy) is 2. The molecule has 2 aliphatic rings. The highest BCUT2D eigenvalue weighted by Crippen LogP contribution is 2.31. The standard InChI is InChI=1S/C20H30N4O3S/c1-20(2,3)27-19(25)24(4)15-9-8-13(21)17(15)23-18(28)22-14-6-5-7-16-12(14)10-11-26-16/h5-7,13,15,17H,8-11,21H2,1-4H3,(H2,22,23,28)/t13-,15-,17-/m0/s1. The van der Waals surface area contributed by atoms with Crippen LogP contribution in [0.1, 0.15) is 39.2 Å². The molecule has 1 aromatic rings. The maximum Gasteiger partial charge on any atom is 0.410 e. The maximum absolute atomic E-state index is 12.5. The lowest BCUT2D eigenvalue weighted by molar-refractivity contribution is 0.0208. The number of anilines is 1. The smallest absolute Gasteiger partial charge is 0.410 e. The zero-order valence-electron chi connectivity index (χ0n) is 17.0. The molecule has 1 amide bonds. The van der Waals surface area contributed by atoms with E-state index in [1.165, 1.54) is 0 Å². The summed E-state index contributed by atoms with van der Waals surface area (Å²) in [7, 11) is 1.75. The number of benzene rings is 1. The lowest BCUT2D eigenvalue weighted by Gasteiger charge is -2.33. The number of nitrogens with one attached hydrogen (secondary N) is 2. The molecule has 0 bridgehead atoms. The van der Waals surface area contributed by atoms with Gasteiger partial charge in [0.1, 0.15) is 11.4 Å². The molecule has 4 N–H and O–H groups in total. The molecule has 1 aliphatic heterocycles. The molecule has 1 fully saturated rings. The molecule has 0 radical (unpaired) electrons. The third-order valence-corrected chi connectivity index (χ3v) is 5.36. The van der Waals surface area contributed by atoms with Crippen molar-refractivity contribution < 1.29 is 14.3 Å². The predicted molar refractivity (Wildman–Crippen MR) is 114 cm³/mol. The van der Waals surface area contributed by atoms with Crippen molar-refractivity contribution in [3.63, 3.8) is 0 Å². The summed E-state index contributed by atoms with van der Waals surface area (Å²) in [6, 6.07) is 5.55. The first kappa shape index (κ1) is 20.7. The first-order valence-electron chi connectivity index (χ1n) is 9.69. The molecule has 3 atom stereocenters. The Morgan fingerprint density at radius 2 is 2.11 bits per heavy atom. The summed E-state index contributed by atoms with van der Waals surface area (Å²) in [5.74, 6) is 0.896. The van der Waals surface area contributed by atoms with Crippen molar-refractivity contribution in [2.24, 2.45) is 5.73 Å². The molecule has 1 aromatic carbocycles. The Morgan fingerprint density at radius 3 is 2.82 bits per heavy atom. The van der Waals surface area contributed by atoms with Gasteiger partial charge in [-0.1, -0.05) is 6.07 Å². The number of hydrogen-bond acceptors (Lipinski definition) is 5. The zero-order chi connectivity index (χ0) is 20.5. The number of nitrogens with two attached hydrogens (primary N) is 1. The third-order valence-electron chi connectivity index (χ3n) is 5.14. The van der Waals surface area contributed by atoms with Crippen LogP contribution in [0.5, 0.6) is 5.75 Å². The number of nitrogens with zero attached hydrogens (tertiary/aromatic N) is 1. The van der Waals surface area contributed by atoms with Gasteiger partial charge < -0.3 is 30.7 Å². The van der Waals surface area contributed by atoms with E-state index in [2.05, 4.69) is 10.6 Å². The Balaban J connectivity index is 1.65. The van der Waals surface area contributed by atoms with Crippen LogP contribution in [-0.4, -0.2) is 53.5 Å². The average molecular weight is 407 g/mol. The van der Waals surface area contributed by atoms with Gasteiger partial charge in [0.15, 0.2) is 5.11 Å². The molecule has 28 heavy (non-hydrogen) atoms. The monoisotopic (exact) mass is 406 g/mol. The third kappa shape index (κ3) is 4.67. The van der Waals surface area contributed by atoms with Gasteiger partial charge in [-0.15, -0.1) is 0 Å². The summed E-state index contributed by atoms with van der Waals surface area (Å²) in [4.78, 5) is 14.1. The van der Waals surface area contributed by atoms with Gasteiger partial charge in [-0.25, -0.2) is 4.79 Å². The second-order valence-corrected chi connectivity index (χ2v) is 8.81. The number of carbonyl (C=O) groups excluding carboxylic acids is 1. The van der Waals surface area contributed by atoms with E-state index in [0.717, 1.165) is 36.3 Å². The molecule has 8 heteroatoms. The number of hydrogen-bond donors (Lipinski definition) is 3. The van der Waals surface area contributed by atoms with Crippen LogP contribution in [0.2, 0.25) is 0 Å². The first-order chi connectivity index (χ1) is 13.2. The van der Waals surface area contributed by atoms with E-state index >= 15 is 0 Å². The lowest BCUT2D eigenvalue weighted by Crippen LogP contribution is -2.56. The van der Waals surface area contributed by atoms with Crippen molar-refractivity contribution in [2.75, 3.05) is 19.0 Å². The number of fused-ring (bicyclic) bond motifs is 1. The number of carbonyl (C=O) groups is 1. The number of likely N-dealkylation sites (N-methyl/N-ethyl adjacent to an activating group) is 1. The molecule has 1 aliphatic carbocycles. The summed E-state index contributed by atoms with van der Waals surface area (Å²) >= 11 is 5.54. The van der Waals surface area contributed by atoms with Gasteiger partial charge in [-0.3, -0.25) is 0 Å². The van der Waals surface area contributed by atoms with Crippen molar-refractivity contribution in [3.05, 3.63) is 23.8 Å². The van der Waals surface area contributed by atoms with Gasteiger partial charge in [0, 0.05) is 30.8 Å². The Morgan fingerprint density at radius 1 is 1.36 bits per heavy atom. The van der Waals surface area contributed by atoms with Crippen LogP contribution in [0, 0.1) is 0 Å². The van der Waals surface area contributed by atoms with Crippen LogP contribution < -0.4 is 21.1 Å². The van der Waals surface area contributed by atoms with Gasteiger partial charge in [0.2, 0.25) is 0 Å². The minimum atomic E-state index is -0.540. The largest absolute Gasteiger partial charge is 0.493 e. The molecule has 0 saturated heterocycles. The second-order valence-electron chi connectivity index (χ2n) is 8.40. The van der Waals surface area contributed by atoms with Gasteiger partial charge in [0.25, 0.3) is 0 Å². The highest BCUT2D eigenvalue weighted by molar-refractivity contribution is 7.80. The number of rotatable bonds is 3. The minimum absolute atomic E-state index is 0.0885. The molecule has 1 saturated carbocycles. The van der Waals surface area contributed by atoms with Gasteiger partial charge in [0.05, 0.1) is 18.7 Å². The van der Waals surface area contributed by atoms with E-state index in [0.29, 0.717) is 11.7 Å². The van der Waals surface area contributed by atoms with Crippen LogP contribution in [0.4, 0.5) is 10.5 Å². The maximum atomic E-state index is 12.5. The van der Waals surface area contributed by atoms with E-state index in [1.54, 1.807) is 11.9 Å². The number of thiocarbonyl (C=S) groups is 1. The van der Waals surface area contributed by atoms with Crippen LogP contribution in [0.3, 0.4) is 0 Å². The average Bonchev–Trinajstić information content (AvgIpc) is 3.21. The molecular formula is C20H30N4O3S. The fourth-order valence-electron chi connectivity index (χ4n) is 3.76. The molecule has 0 spiro atoms. The quantitative estimate of drug-likeness (QED) is 0.665. The van der Waals surface area contributed by atoms with Crippen molar-refractivity contribution in [2.45, 2.75) is 63.8 Å². The molecule has 154 valence electrons. The summed E-state index contributed by atoms with van der Waals surface area (Å²) < 4.78 is 11.1. The van der Waals surface area contributed by atoms with E-state index < -0.39 is 5.60 Å². The first-order valence-corrected chi connectivity index (χ1v) is 10.1. The highest BCUT2D eigenvalue weighted by atomic mass is 32.1. The SMILES string of the molecule is CN(C(=O)OC(C)(C)C)[C@H]1CC[C@H](N)[C@@H]1NC(=S)Nc1cccc2c1CCO2. The Labute approximate surface area is 171 Å². The van der Waals surface area contributed by atoms with E-state index in [9.17, 15) is 4.79 Å². The fourth-order valence-corrected chi connectivity index (χ4v) is 4.01. The van der Waals surface area contributed by atoms with E-state index in [1.807, 2.05) is 39.0 Å². The zero-order valence-corrected chi connectivity index (χ0v) is 17.8. The topological polar surface area (TPSA) is 88.9 Å². The summed E-state index contributed by atoms with van der Waals surface area (Å²) in [5.41, 5.74) is 7.85. The van der Waals surface area contributed by atoms with Crippen molar-refractivity contribution in [3.8, 4) is 5.75 Å². The van der Waals surface area contributed by atoms with Crippen molar-refractivity contribution in [1.82, 2.24) is 10.2 Å². The highest BCUT2D eigenvalue weighted by Gasteiger charge is 2.39. The minimum Gasteiger partial charge on any atom is -0.493 e. The number of amides is 1. The van der Waals surface area contributed by atoms with Crippen LogP contribution >= 0.6 is 12.2 Å². The predicted octanol–water partition coefficient (Wildman–Crippen LogP) is 2.63.